The summed E-state index contributed by atoms with van der Waals surface area (Å²) >= 11 is 0. The van der Waals surface area contributed by atoms with Crippen LogP contribution in [0, 0.1) is 0 Å². The molecule has 27 heavy (non-hydrogen) atoms. The Morgan fingerprint density at radius 1 is 1.15 bits per heavy atom. The molecule has 0 aliphatic heterocycles. The van der Waals surface area contributed by atoms with E-state index < -0.39 is 27.5 Å². The number of nitrogens with zero attached hydrogens (tertiary/aromatic N) is 3. The van der Waals surface area contributed by atoms with Crippen molar-refractivity contribution in [2.75, 3.05) is 5.32 Å². The number of halogens is 2. The summed E-state index contributed by atoms with van der Waals surface area (Å²) in [4.78, 5) is 19.2. The van der Waals surface area contributed by atoms with Gasteiger partial charge in [-0.05, 0) is 30.3 Å². The molecule has 0 spiro atoms. The number of amides is 1. The Labute approximate surface area is 153 Å². The highest BCUT2D eigenvalue weighted by Gasteiger charge is 2.27. The van der Waals surface area contributed by atoms with Crippen LogP contribution in [-0.2, 0) is 15.9 Å². The Kier molecular flexibility index (Phi) is 4.75. The predicted molar refractivity (Wildman–Crippen MR) is 93.0 cm³/mol. The molecule has 0 saturated carbocycles. The summed E-state index contributed by atoms with van der Waals surface area (Å²) in [6.07, 6.45) is 4.75. The van der Waals surface area contributed by atoms with Crippen molar-refractivity contribution in [3.8, 4) is 0 Å². The molecule has 0 atom stereocenters. The van der Waals surface area contributed by atoms with Crippen molar-refractivity contribution in [1.82, 2.24) is 13.9 Å². The van der Waals surface area contributed by atoms with Crippen molar-refractivity contribution in [3.63, 3.8) is 0 Å². The third kappa shape index (κ3) is 4.00. The Hall–Kier alpha value is -3.14. The average molecular weight is 392 g/mol. The van der Waals surface area contributed by atoms with E-state index in [2.05, 4.69) is 15.3 Å². The van der Waals surface area contributed by atoms with Gasteiger partial charge in [0.25, 0.3) is 21.9 Å². The number of pyridine rings is 2. The fourth-order valence-corrected chi connectivity index (χ4v) is 3.35. The minimum Gasteiger partial charge on any atom is -0.319 e. The average Bonchev–Trinajstić information content (AvgIpc) is 3.11. The Morgan fingerprint density at radius 2 is 1.93 bits per heavy atom. The van der Waals surface area contributed by atoms with E-state index in [1.165, 1.54) is 30.7 Å². The molecule has 3 aromatic rings. The van der Waals surface area contributed by atoms with E-state index in [1.54, 1.807) is 12.1 Å². The molecule has 0 aliphatic rings. The number of hydrogen-bond acceptors (Lipinski definition) is 5. The van der Waals surface area contributed by atoms with E-state index in [9.17, 15) is 22.0 Å². The maximum absolute atomic E-state index is 13.2. The first-order valence-electron chi connectivity index (χ1n) is 7.68. The minimum atomic E-state index is -4.04. The number of carbonyl (C=O) groups excluding carboxylic acids is 1. The van der Waals surface area contributed by atoms with Gasteiger partial charge in [-0.25, -0.2) is 12.4 Å². The van der Waals surface area contributed by atoms with Gasteiger partial charge in [0, 0.05) is 31.7 Å². The number of anilines is 1. The van der Waals surface area contributed by atoms with Gasteiger partial charge < -0.3 is 5.32 Å². The standard InChI is InChI=1S/C17H14F2N4O3S/c1-17(18,19)15-6-5-13(10-21-15)27(25,26)23-9-7-12(11-23)22-16(24)14-4-2-3-8-20-14/h2-11H,1H3,(H,22,24). The molecule has 3 rings (SSSR count). The summed E-state index contributed by atoms with van der Waals surface area (Å²) in [6.45, 7) is 0.673. The molecule has 3 aromatic heterocycles. The highest BCUT2D eigenvalue weighted by atomic mass is 32.2. The van der Waals surface area contributed by atoms with Crippen LogP contribution in [0.3, 0.4) is 0 Å². The van der Waals surface area contributed by atoms with Crippen LogP contribution in [0.15, 0.2) is 66.1 Å². The van der Waals surface area contributed by atoms with Gasteiger partial charge in [0.1, 0.15) is 16.3 Å². The third-order valence-electron chi connectivity index (χ3n) is 3.58. The molecule has 0 radical (unpaired) electrons. The van der Waals surface area contributed by atoms with Gasteiger partial charge in [-0.3, -0.25) is 14.8 Å². The van der Waals surface area contributed by atoms with Crippen molar-refractivity contribution in [3.05, 3.63) is 72.6 Å². The Morgan fingerprint density at radius 3 is 2.52 bits per heavy atom. The smallest absolute Gasteiger partial charge is 0.286 e. The first-order chi connectivity index (χ1) is 12.7. The second-order valence-electron chi connectivity index (χ2n) is 5.67. The summed E-state index contributed by atoms with van der Waals surface area (Å²) in [6, 6.07) is 8.23. The molecule has 10 heteroatoms. The van der Waals surface area contributed by atoms with E-state index in [1.807, 2.05) is 0 Å². The maximum atomic E-state index is 13.2. The first kappa shape index (κ1) is 18.6. The van der Waals surface area contributed by atoms with Gasteiger partial charge in [-0.15, -0.1) is 0 Å². The maximum Gasteiger partial charge on any atom is 0.286 e. The van der Waals surface area contributed by atoms with Crippen LogP contribution in [0.2, 0.25) is 0 Å². The zero-order chi connectivity index (χ0) is 19.7. The monoisotopic (exact) mass is 392 g/mol. The van der Waals surface area contributed by atoms with Crippen LogP contribution in [0.1, 0.15) is 23.1 Å². The fraction of sp³-hybridized carbons (Fsp3) is 0.118. The molecule has 140 valence electrons. The van der Waals surface area contributed by atoms with Gasteiger partial charge >= 0.3 is 0 Å². The highest BCUT2D eigenvalue weighted by molar-refractivity contribution is 7.90. The molecule has 0 fully saturated rings. The van der Waals surface area contributed by atoms with Crippen LogP contribution in [0.25, 0.3) is 0 Å². The number of rotatable bonds is 5. The molecule has 0 bridgehead atoms. The summed E-state index contributed by atoms with van der Waals surface area (Å²) in [5.41, 5.74) is -0.121. The molecule has 0 unspecified atom stereocenters. The Bertz CT molecular complexity index is 1060. The van der Waals surface area contributed by atoms with E-state index in [0.717, 1.165) is 22.3 Å². The lowest BCUT2D eigenvalue weighted by molar-refractivity contribution is 0.0126. The summed E-state index contributed by atoms with van der Waals surface area (Å²) in [5.74, 6) is -3.67. The summed E-state index contributed by atoms with van der Waals surface area (Å²) in [7, 11) is -4.04. The number of carbonyl (C=O) groups is 1. The largest absolute Gasteiger partial charge is 0.319 e. The van der Waals surface area contributed by atoms with Crippen molar-refractivity contribution in [2.24, 2.45) is 0 Å². The van der Waals surface area contributed by atoms with Crippen LogP contribution in [-0.4, -0.2) is 28.3 Å². The zero-order valence-electron chi connectivity index (χ0n) is 14.0. The lowest BCUT2D eigenvalue weighted by Crippen LogP contribution is -2.15. The number of aromatic nitrogens is 3. The topological polar surface area (TPSA) is 94.0 Å². The highest BCUT2D eigenvalue weighted by Crippen LogP contribution is 2.26. The molecular weight excluding hydrogens is 378 g/mol. The SMILES string of the molecule is CC(F)(F)c1ccc(S(=O)(=O)n2ccc(NC(=O)c3ccccn3)c2)cn1. The van der Waals surface area contributed by atoms with Gasteiger partial charge in [0.2, 0.25) is 0 Å². The summed E-state index contributed by atoms with van der Waals surface area (Å²) < 4.78 is 52.4. The van der Waals surface area contributed by atoms with Crippen LogP contribution in [0.5, 0.6) is 0 Å². The lowest BCUT2D eigenvalue weighted by Gasteiger charge is -2.10. The van der Waals surface area contributed by atoms with Crippen LogP contribution >= 0.6 is 0 Å². The van der Waals surface area contributed by atoms with Gasteiger partial charge in [0.05, 0.1) is 5.69 Å². The van der Waals surface area contributed by atoms with Crippen molar-refractivity contribution in [1.29, 1.82) is 0 Å². The molecule has 0 saturated heterocycles. The quantitative estimate of drug-likeness (QED) is 0.721. The molecule has 7 nitrogen and oxygen atoms in total. The van der Waals surface area contributed by atoms with Crippen LogP contribution < -0.4 is 5.32 Å². The first-order valence-corrected chi connectivity index (χ1v) is 9.12. The lowest BCUT2D eigenvalue weighted by atomic mass is 10.2. The molecule has 1 N–H and O–H groups in total. The van der Waals surface area contributed by atoms with E-state index in [-0.39, 0.29) is 16.3 Å². The van der Waals surface area contributed by atoms with Crippen molar-refractivity contribution < 1.29 is 22.0 Å². The number of alkyl halides is 2. The van der Waals surface area contributed by atoms with Gasteiger partial charge in [0.15, 0.2) is 0 Å². The second-order valence-corrected chi connectivity index (χ2v) is 7.51. The number of nitrogens with one attached hydrogen (secondary N) is 1. The predicted octanol–water partition coefficient (Wildman–Crippen LogP) is 2.88. The number of hydrogen-bond donors (Lipinski definition) is 1. The molecular formula is C17H14F2N4O3S. The van der Waals surface area contributed by atoms with Gasteiger partial charge in [-0.2, -0.15) is 8.78 Å². The normalized spacial score (nSPS) is 12.0. The van der Waals surface area contributed by atoms with E-state index >= 15 is 0 Å². The van der Waals surface area contributed by atoms with E-state index in [0.29, 0.717) is 6.92 Å². The van der Waals surface area contributed by atoms with Gasteiger partial charge in [-0.1, -0.05) is 6.07 Å². The van der Waals surface area contributed by atoms with Crippen LogP contribution in [0.4, 0.5) is 14.5 Å². The second kappa shape index (κ2) is 6.88. The molecule has 0 aliphatic carbocycles. The zero-order valence-corrected chi connectivity index (χ0v) is 14.8. The molecule has 3 heterocycles. The minimum absolute atomic E-state index is 0.174. The fourth-order valence-electron chi connectivity index (χ4n) is 2.21. The van der Waals surface area contributed by atoms with Crippen molar-refractivity contribution in [2.45, 2.75) is 17.7 Å². The van der Waals surface area contributed by atoms with Crippen molar-refractivity contribution >= 4 is 21.6 Å². The van der Waals surface area contributed by atoms with E-state index in [4.69, 9.17) is 0 Å². The Balaban J connectivity index is 1.81. The molecule has 1 amide bonds. The third-order valence-corrected chi connectivity index (χ3v) is 5.20. The molecule has 0 aromatic carbocycles. The summed E-state index contributed by atoms with van der Waals surface area (Å²) in [5, 5.41) is 2.53.